The Hall–Kier alpha value is -2.76. The van der Waals surface area contributed by atoms with E-state index in [1.165, 1.54) is 4.90 Å². The highest BCUT2D eigenvalue weighted by Gasteiger charge is 2.38. The van der Waals surface area contributed by atoms with Crippen LogP contribution in [0.2, 0.25) is 0 Å². The monoisotopic (exact) mass is 474 g/mol. The van der Waals surface area contributed by atoms with Crippen LogP contribution in [0, 0.1) is 0 Å². The van der Waals surface area contributed by atoms with E-state index in [4.69, 9.17) is 0 Å². The van der Waals surface area contributed by atoms with Gasteiger partial charge in [-0.05, 0) is 26.8 Å². The summed E-state index contributed by atoms with van der Waals surface area (Å²) >= 11 is 5.29. The molecule has 0 aliphatic carbocycles. The number of anilines is 1. The first kappa shape index (κ1) is 23.9. The van der Waals surface area contributed by atoms with Gasteiger partial charge in [-0.2, -0.15) is 0 Å². The number of hydrogen-bond acceptors (Lipinski definition) is 8. The van der Waals surface area contributed by atoms with Gasteiger partial charge in [0.25, 0.3) is 5.91 Å². The van der Waals surface area contributed by atoms with Crippen molar-refractivity contribution in [1.29, 1.82) is 0 Å². The quantitative estimate of drug-likeness (QED) is 0.433. The summed E-state index contributed by atoms with van der Waals surface area (Å²) in [5, 5.41) is 13.0. The molecule has 1 fully saturated rings. The zero-order chi connectivity index (χ0) is 23.3. The molecule has 0 saturated carbocycles. The SMILES string of the molecule is C=C(S)[C@H](NC(=O)[C@H](C)NC)C(=O)N1CCC[C@H]1C(=O)Nc1snnc1-c1ccccc1. The number of amides is 3. The zero-order valence-corrected chi connectivity index (χ0v) is 19.6. The lowest BCUT2D eigenvalue weighted by atomic mass is 10.1. The Balaban J connectivity index is 1.74. The molecular formula is C21H26N6O3S2. The predicted octanol–water partition coefficient (Wildman–Crippen LogP) is 1.67. The molecule has 1 aliphatic heterocycles. The first-order valence-electron chi connectivity index (χ1n) is 10.2. The lowest BCUT2D eigenvalue weighted by Crippen LogP contribution is -2.55. The normalized spacial score (nSPS) is 17.5. The van der Waals surface area contributed by atoms with Gasteiger partial charge in [0.15, 0.2) is 0 Å². The van der Waals surface area contributed by atoms with Crippen LogP contribution in [0.25, 0.3) is 11.3 Å². The predicted molar refractivity (Wildman–Crippen MR) is 127 cm³/mol. The fourth-order valence-electron chi connectivity index (χ4n) is 3.41. The van der Waals surface area contributed by atoms with E-state index in [0.717, 1.165) is 17.1 Å². The van der Waals surface area contributed by atoms with Crippen LogP contribution < -0.4 is 16.0 Å². The van der Waals surface area contributed by atoms with Crippen molar-refractivity contribution >= 4 is 46.9 Å². The maximum absolute atomic E-state index is 13.2. The van der Waals surface area contributed by atoms with Gasteiger partial charge in [-0.3, -0.25) is 14.4 Å². The molecule has 0 radical (unpaired) electrons. The van der Waals surface area contributed by atoms with E-state index in [1.807, 2.05) is 30.3 Å². The van der Waals surface area contributed by atoms with E-state index < -0.39 is 24.0 Å². The van der Waals surface area contributed by atoms with Crippen molar-refractivity contribution in [3.8, 4) is 11.3 Å². The third kappa shape index (κ3) is 5.34. The first-order chi connectivity index (χ1) is 15.3. The maximum atomic E-state index is 13.2. The molecule has 0 bridgehead atoms. The molecule has 9 nitrogen and oxygen atoms in total. The van der Waals surface area contributed by atoms with Crippen molar-refractivity contribution in [3.63, 3.8) is 0 Å². The second-order valence-electron chi connectivity index (χ2n) is 7.44. The van der Waals surface area contributed by atoms with Crippen LogP contribution in [-0.4, -0.2) is 63.9 Å². The number of nitrogens with zero attached hydrogens (tertiary/aromatic N) is 3. The van der Waals surface area contributed by atoms with Gasteiger partial charge in [-0.15, -0.1) is 17.7 Å². The lowest BCUT2D eigenvalue weighted by molar-refractivity contribution is -0.139. The molecule has 0 unspecified atom stereocenters. The zero-order valence-electron chi connectivity index (χ0n) is 17.9. The summed E-state index contributed by atoms with van der Waals surface area (Å²) in [5.74, 6) is -1.09. The molecule has 32 heavy (non-hydrogen) atoms. The highest BCUT2D eigenvalue weighted by molar-refractivity contribution is 7.84. The van der Waals surface area contributed by atoms with E-state index in [9.17, 15) is 14.4 Å². The molecule has 170 valence electrons. The van der Waals surface area contributed by atoms with Gasteiger partial charge < -0.3 is 20.9 Å². The number of likely N-dealkylation sites (tertiary alicyclic amines) is 1. The molecule has 3 rings (SSSR count). The topological polar surface area (TPSA) is 116 Å². The van der Waals surface area contributed by atoms with Crippen LogP contribution in [0.15, 0.2) is 41.8 Å². The second-order valence-corrected chi connectivity index (χ2v) is 8.77. The van der Waals surface area contributed by atoms with Gasteiger partial charge in [-0.25, -0.2) is 0 Å². The van der Waals surface area contributed by atoms with Crippen LogP contribution >= 0.6 is 24.2 Å². The summed E-state index contributed by atoms with van der Waals surface area (Å²) in [7, 11) is 1.65. The average Bonchev–Trinajstić information content (AvgIpc) is 3.46. The Labute approximate surface area is 196 Å². The lowest BCUT2D eigenvalue weighted by Gasteiger charge is -2.29. The highest BCUT2D eigenvalue weighted by Crippen LogP contribution is 2.30. The minimum absolute atomic E-state index is 0.204. The van der Waals surface area contributed by atoms with Crippen LogP contribution in [-0.2, 0) is 14.4 Å². The molecule has 1 aliphatic rings. The third-order valence-electron chi connectivity index (χ3n) is 5.30. The smallest absolute Gasteiger partial charge is 0.250 e. The van der Waals surface area contributed by atoms with Gasteiger partial charge in [0.1, 0.15) is 22.8 Å². The number of aromatic nitrogens is 2. The Morgan fingerprint density at radius 1 is 1.28 bits per heavy atom. The number of rotatable bonds is 8. The molecule has 3 N–H and O–H groups in total. The van der Waals surface area contributed by atoms with E-state index >= 15 is 0 Å². The fraction of sp³-hybridized carbons (Fsp3) is 0.381. The Morgan fingerprint density at radius 3 is 2.66 bits per heavy atom. The number of likely N-dealkylation sites (N-methyl/N-ethyl adjacent to an activating group) is 1. The van der Waals surface area contributed by atoms with E-state index in [-0.39, 0.29) is 16.7 Å². The van der Waals surface area contributed by atoms with Gasteiger partial charge in [0.05, 0.1) is 6.04 Å². The summed E-state index contributed by atoms with van der Waals surface area (Å²) in [6, 6.07) is 7.22. The Bertz CT molecular complexity index is 996. The van der Waals surface area contributed by atoms with Crippen molar-refractivity contribution in [1.82, 2.24) is 25.1 Å². The van der Waals surface area contributed by atoms with E-state index in [0.29, 0.717) is 30.1 Å². The molecule has 1 aromatic heterocycles. The largest absolute Gasteiger partial charge is 0.339 e. The van der Waals surface area contributed by atoms with Crippen LogP contribution in [0.1, 0.15) is 19.8 Å². The second kappa shape index (κ2) is 10.7. The standard InChI is InChI=1S/C21H26N6O3S2/c1-12(22-3)18(28)23-16(13(2)31)21(30)27-11-7-10-15(27)19(29)24-20-17(25-26-32-20)14-8-5-4-6-9-14/h4-6,8-9,12,15-16,22,31H,2,7,10-11H2,1,3H3,(H,23,28)(H,24,29)/t12-,15-,16-/m0/s1. The van der Waals surface area contributed by atoms with Gasteiger partial charge >= 0.3 is 0 Å². The van der Waals surface area contributed by atoms with Crippen LogP contribution in [0.3, 0.4) is 0 Å². The maximum Gasteiger partial charge on any atom is 0.250 e. The Kier molecular flexibility index (Phi) is 7.99. The van der Waals surface area contributed by atoms with E-state index in [1.54, 1.807) is 14.0 Å². The van der Waals surface area contributed by atoms with Crippen molar-refractivity contribution < 1.29 is 14.4 Å². The molecule has 1 aromatic carbocycles. The fourth-order valence-corrected chi connectivity index (χ4v) is 4.18. The molecular weight excluding hydrogens is 448 g/mol. The van der Waals surface area contributed by atoms with Crippen molar-refractivity contribution in [2.75, 3.05) is 18.9 Å². The van der Waals surface area contributed by atoms with Gasteiger partial charge in [0, 0.05) is 28.5 Å². The third-order valence-corrected chi connectivity index (χ3v) is 6.20. The number of nitrogens with one attached hydrogen (secondary N) is 3. The molecule has 2 aromatic rings. The molecule has 2 heterocycles. The number of thiol groups is 1. The van der Waals surface area contributed by atoms with Gasteiger partial charge in [-0.1, -0.05) is 41.4 Å². The van der Waals surface area contributed by atoms with Gasteiger partial charge in [0.2, 0.25) is 11.8 Å². The van der Waals surface area contributed by atoms with Crippen LogP contribution in [0.4, 0.5) is 5.00 Å². The minimum atomic E-state index is -1.03. The minimum Gasteiger partial charge on any atom is -0.339 e. The molecule has 1 saturated heterocycles. The summed E-state index contributed by atoms with van der Waals surface area (Å²) in [6.07, 6.45) is 1.18. The van der Waals surface area contributed by atoms with Crippen molar-refractivity contribution in [3.05, 3.63) is 41.8 Å². The molecule has 3 atom stereocenters. The number of carbonyl (C=O) groups is 3. The average molecular weight is 475 g/mol. The Morgan fingerprint density at radius 2 is 2.00 bits per heavy atom. The summed E-state index contributed by atoms with van der Waals surface area (Å²) in [4.78, 5) is 40.3. The summed E-state index contributed by atoms with van der Waals surface area (Å²) < 4.78 is 3.96. The molecule has 11 heteroatoms. The summed E-state index contributed by atoms with van der Waals surface area (Å²) in [5.41, 5.74) is 1.42. The van der Waals surface area contributed by atoms with Crippen molar-refractivity contribution in [2.45, 2.75) is 37.9 Å². The molecule has 0 spiro atoms. The number of carbonyl (C=O) groups excluding carboxylic acids is 3. The highest BCUT2D eigenvalue weighted by atomic mass is 32.1. The number of hydrogen-bond donors (Lipinski definition) is 4. The van der Waals surface area contributed by atoms with Crippen molar-refractivity contribution in [2.24, 2.45) is 0 Å². The number of benzene rings is 1. The van der Waals surface area contributed by atoms with E-state index in [2.05, 4.69) is 44.7 Å². The van der Waals surface area contributed by atoms with Crippen LogP contribution in [0.5, 0.6) is 0 Å². The summed E-state index contributed by atoms with van der Waals surface area (Å²) in [6.45, 7) is 5.81. The molecule has 3 amide bonds. The first-order valence-corrected chi connectivity index (χ1v) is 11.4.